The maximum atomic E-state index is 5.62. The van der Waals surface area contributed by atoms with Crippen molar-refractivity contribution in [2.45, 2.75) is 6.10 Å². The van der Waals surface area contributed by atoms with Crippen LogP contribution in [0.2, 0.25) is 0 Å². The Morgan fingerprint density at radius 3 is 2.79 bits per heavy atom. The third-order valence-corrected chi connectivity index (χ3v) is 2.82. The molecule has 0 N–H and O–H groups in total. The van der Waals surface area contributed by atoms with Gasteiger partial charge in [-0.25, -0.2) is 0 Å². The molecule has 1 heterocycles. The second-order valence-corrected chi connectivity index (χ2v) is 4.43. The zero-order valence-electron chi connectivity index (χ0n) is 10.5. The van der Waals surface area contributed by atoms with E-state index in [2.05, 4.69) is 4.99 Å². The van der Waals surface area contributed by atoms with E-state index in [1.54, 1.807) is 0 Å². The molecule has 1 unspecified atom stereocenters. The highest BCUT2D eigenvalue weighted by molar-refractivity contribution is 5.81. The van der Waals surface area contributed by atoms with Gasteiger partial charge in [-0.1, -0.05) is 36.4 Å². The standard InChI is InChI=1S/C16H15NO2/c1-2-5-13(6-3-1)10-17-14-7-4-8-15(9-14)18-11-16-12-19-16/h1-10,16H,11-12H2. The summed E-state index contributed by atoms with van der Waals surface area (Å²) < 4.78 is 10.7. The molecule has 2 aromatic carbocycles. The zero-order valence-corrected chi connectivity index (χ0v) is 10.5. The van der Waals surface area contributed by atoms with E-state index in [4.69, 9.17) is 9.47 Å². The average molecular weight is 253 g/mol. The highest BCUT2D eigenvalue weighted by Gasteiger charge is 2.22. The Morgan fingerprint density at radius 2 is 2.00 bits per heavy atom. The minimum atomic E-state index is 0.275. The van der Waals surface area contributed by atoms with Crippen molar-refractivity contribution in [1.29, 1.82) is 0 Å². The molecule has 0 aromatic heterocycles. The highest BCUT2D eigenvalue weighted by Crippen LogP contribution is 2.21. The zero-order chi connectivity index (χ0) is 12.9. The van der Waals surface area contributed by atoms with Crippen LogP contribution in [-0.4, -0.2) is 25.5 Å². The molecule has 3 heteroatoms. The van der Waals surface area contributed by atoms with Crippen LogP contribution in [0.15, 0.2) is 59.6 Å². The van der Waals surface area contributed by atoms with Gasteiger partial charge < -0.3 is 9.47 Å². The van der Waals surface area contributed by atoms with Gasteiger partial charge in [0.25, 0.3) is 0 Å². The summed E-state index contributed by atoms with van der Waals surface area (Å²) in [6.45, 7) is 1.43. The number of aliphatic imine (C=N–C) groups is 1. The van der Waals surface area contributed by atoms with E-state index >= 15 is 0 Å². The summed E-state index contributed by atoms with van der Waals surface area (Å²) in [6, 6.07) is 17.8. The fourth-order valence-electron chi connectivity index (χ4n) is 1.70. The van der Waals surface area contributed by atoms with Crippen LogP contribution < -0.4 is 4.74 Å². The molecule has 96 valence electrons. The maximum absolute atomic E-state index is 5.62. The molecule has 3 rings (SSSR count). The number of benzene rings is 2. The van der Waals surface area contributed by atoms with E-state index in [0.717, 1.165) is 23.6 Å². The molecule has 3 nitrogen and oxygen atoms in total. The van der Waals surface area contributed by atoms with Gasteiger partial charge in [0.15, 0.2) is 0 Å². The van der Waals surface area contributed by atoms with Crippen LogP contribution in [0.5, 0.6) is 5.75 Å². The molecule has 1 fully saturated rings. The van der Waals surface area contributed by atoms with Crippen molar-refractivity contribution in [3.05, 3.63) is 60.2 Å². The van der Waals surface area contributed by atoms with Gasteiger partial charge in [-0.15, -0.1) is 0 Å². The molecule has 1 saturated heterocycles. The van der Waals surface area contributed by atoms with Crippen molar-refractivity contribution < 1.29 is 9.47 Å². The summed E-state index contributed by atoms with van der Waals surface area (Å²) >= 11 is 0. The van der Waals surface area contributed by atoms with Crippen LogP contribution in [0.4, 0.5) is 5.69 Å². The highest BCUT2D eigenvalue weighted by atomic mass is 16.6. The van der Waals surface area contributed by atoms with Crippen LogP contribution in [-0.2, 0) is 4.74 Å². The average Bonchev–Trinajstić information content (AvgIpc) is 3.29. The first kappa shape index (κ1) is 11.9. The fraction of sp³-hybridized carbons (Fsp3) is 0.188. The van der Waals surface area contributed by atoms with Crippen LogP contribution in [0, 0.1) is 0 Å². The van der Waals surface area contributed by atoms with Crippen LogP contribution >= 0.6 is 0 Å². The monoisotopic (exact) mass is 253 g/mol. The summed E-state index contributed by atoms with van der Waals surface area (Å²) in [4.78, 5) is 4.44. The van der Waals surface area contributed by atoms with Gasteiger partial charge in [0.1, 0.15) is 18.5 Å². The lowest BCUT2D eigenvalue weighted by atomic mass is 10.2. The van der Waals surface area contributed by atoms with E-state index in [9.17, 15) is 0 Å². The van der Waals surface area contributed by atoms with Crippen LogP contribution in [0.1, 0.15) is 5.56 Å². The minimum absolute atomic E-state index is 0.275. The van der Waals surface area contributed by atoms with Crippen LogP contribution in [0.3, 0.4) is 0 Å². The molecule has 19 heavy (non-hydrogen) atoms. The third-order valence-electron chi connectivity index (χ3n) is 2.82. The third kappa shape index (κ3) is 3.66. The molecule has 1 aliphatic rings. The van der Waals surface area contributed by atoms with E-state index in [-0.39, 0.29) is 6.10 Å². The Labute approximate surface area is 112 Å². The summed E-state index contributed by atoms with van der Waals surface area (Å²) in [7, 11) is 0. The second-order valence-electron chi connectivity index (χ2n) is 4.43. The summed E-state index contributed by atoms with van der Waals surface area (Å²) in [5.41, 5.74) is 1.97. The molecule has 1 atom stereocenters. The molecular weight excluding hydrogens is 238 g/mol. The quantitative estimate of drug-likeness (QED) is 0.605. The van der Waals surface area contributed by atoms with E-state index in [1.165, 1.54) is 0 Å². The molecule has 2 aromatic rings. The van der Waals surface area contributed by atoms with E-state index < -0.39 is 0 Å². The predicted octanol–water partition coefficient (Wildman–Crippen LogP) is 3.21. The van der Waals surface area contributed by atoms with Crippen LogP contribution in [0.25, 0.3) is 0 Å². The Balaban J connectivity index is 1.66. The summed E-state index contributed by atoms with van der Waals surface area (Å²) in [6.07, 6.45) is 2.12. The first-order valence-electron chi connectivity index (χ1n) is 6.34. The van der Waals surface area contributed by atoms with Gasteiger partial charge in [-0.3, -0.25) is 4.99 Å². The number of nitrogens with zero attached hydrogens (tertiary/aromatic N) is 1. The minimum Gasteiger partial charge on any atom is -0.491 e. The molecule has 1 aliphatic heterocycles. The second kappa shape index (κ2) is 5.67. The fourth-order valence-corrected chi connectivity index (χ4v) is 1.70. The first-order valence-corrected chi connectivity index (χ1v) is 6.34. The van der Waals surface area contributed by atoms with Gasteiger partial charge in [0.05, 0.1) is 12.3 Å². The van der Waals surface area contributed by atoms with Gasteiger partial charge in [0, 0.05) is 12.3 Å². The van der Waals surface area contributed by atoms with Crippen molar-refractivity contribution in [3.8, 4) is 5.75 Å². The number of epoxide rings is 1. The topological polar surface area (TPSA) is 34.1 Å². The SMILES string of the molecule is C(=Nc1cccc(OCC2CO2)c1)c1ccccc1. The normalized spacial score (nSPS) is 17.6. The Kier molecular flexibility index (Phi) is 3.56. The largest absolute Gasteiger partial charge is 0.491 e. The number of ether oxygens (including phenoxy) is 2. The molecule has 0 amide bonds. The van der Waals surface area contributed by atoms with Crippen molar-refractivity contribution in [1.82, 2.24) is 0 Å². The lowest BCUT2D eigenvalue weighted by Gasteiger charge is -2.04. The molecule has 0 aliphatic carbocycles. The van der Waals surface area contributed by atoms with Crippen molar-refractivity contribution in [2.24, 2.45) is 4.99 Å². The van der Waals surface area contributed by atoms with E-state index in [0.29, 0.717) is 6.61 Å². The van der Waals surface area contributed by atoms with Crippen molar-refractivity contribution in [3.63, 3.8) is 0 Å². The van der Waals surface area contributed by atoms with Gasteiger partial charge in [-0.2, -0.15) is 0 Å². The molecule has 0 bridgehead atoms. The Hall–Kier alpha value is -2.13. The maximum Gasteiger partial charge on any atom is 0.121 e. The summed E-state index contributed by atoms with van der Waals surface area (Å²) in [5.74, 6) is 0.832. The first-order chi connectivity index (χ1) is 9.40. The predicted molar refractivity (Wildman–Crippen MR) is 75.4 cm³/mol. The Bertz CT molecular complexity index is 562. The van der Waals surface area contributed by atoms with Gasteiger partial charge in [-0.05, 0) is 17.7 Å². The Morgan fingerprint density at radius 1 is 1.16 bits per heavy atom. The molecule has 0 saturated carbocycles. The van der Waals surface area contributed by atoms with Crippen molar-refractivity contribution in [2.75, 3.05) is 13.2 Å². The van der Waals surface area contributed by atoms with Crippen molar-refractivity contribution >= 4 is 11.9 Å². The smallest absolute Gasteiger partial charge is 0.121 e. The lowest BCUT2D eigenvalue weighted by molar-refractivity contribution is 0.263. The van der Waals surface area contributed by atoms with E-state index in [1.807, 2.05) is 60.8 Å². The van der Waals surface area contributed by atoms with Gasteiger partial charge >= 0.3 is 0 Å². The number of rotatable bonds is 5. The molecular formula is C16H15NO2. The lowest BCUT2D eigenvalue weighted by Crippen LogP contribution is -2.03. The van der Waals surface area contributed by atoms with Gasteiger partial charge in [0.2, 0.25) is 0 Å². The molecule has 0 radical (unpaired) electrons. The summed E-state index contributed by atoms with van der Waals surface area (Å²) in [5, 5.41) is 0. The molecule has 0 spiro atoms. The number of hydrogen-bond donors (Lipinski definition) is 0. The number of hydrogen-bond acceptors (Lipinski definition) is 3.